The van der Waals surface area contributed by atoms with Gasteiger partial charge in [-0.3, -0.25) is 14.9 Å². The predicted molar refractivity (Wildman–Crippen MR) is 120 cm³/mol. The number of anilines is 4. The van der Waals surface area contributed by atoms with E-state index in [-0.39, 0.29) is 34.3 Å². The molecule has 1 saturated carbocycles. The average Bonchev–Trinajstić information content (AvgIpc) is 2.91. The van der Waals surface area contributed by atoms with Crippen molar-refractivity contribution < 1.29 is 9.72 Å². The van der Waals surface area contributed by atoms with Crippen LogP contribution in [-0.4, -0.2) is 33.4 Å². The SMILES string of the molecule is CC(=O)Nc1ccc(Nc2ncnc(N3CC4(C)CC3CC(C)(C)C4)c2[N+](=O)[O-])cc1. The van der Waals surface area contributed by atoms with Gasteiger partial charge in [0, 0.05) is 30.9 Å². The minimum Gasteiger partial charge on any atom is -0.347 e. The molecule has 4 rings (SSSR count). The Balaban J connectivity index is 1.65. The molecule has 1 amide bonds. The lowest BCUT2D eigenvalue weighted by atomic mass is 9.65. The summed E-state index contributed by atoms with van der Waals surface area (Å²) in [5.41, 5.74) is 1.50. The number of hydrogen-bond acceptors (Lipinski definition) is 7. The molecule has 0 radical (unpaired) electrons. The van der Waals surface area contributed by atoms with Gasteiger partial charge >= 0.3 is 5.69 Å². The van der Waals surface area contributed by atoms with Gasteiger partial charge in [0.2, 0.25) is 17.5 Å². The fourth-order valence-corrected chi connectivity index (χ4v) is 5.52. The van der Waals surface area contributed by atoms with Gasteiger partial charge in [0.15, 0.2) is 0 Å². The number of fused-ring (bicyclic) bond motifs is 2. The Kier molecular flexibility index (Phi) is 5.07. The zero-order valence-corrected chi connectivity index (χ0v) is 18.3. The molecule has 9 heteroatoms. The summed E-state index contributed by atoms with van der Waals surface area (Å²) in [4.78, 5) is 33.5. The van der Waals surface area contributed by atoms with E-state index in [0.717, 1.165) is 25.8 Å². The van der Waals surface area contributed by atoms with E-state index >= 15 is 0 Å². The maximum absolute atomic E-state index is 12.1. The highest BCUT2D eigenvalue weighted by Crippen LogP contribution is 2.54. The van der Waals surface area contributed by atoms with Gasteiger partial charge in [-0.2, -0.15) is 0 Å². The van der Waals surface area contributed by atoms with E-state index in [1.807, 2.05) is 0 Å². The summed E-state index contributed by atoms with van der Waals surface area (Å²) in [6, 6.07) is 7.16. The number of benzene rings is 1. The van der Waals surface area contributed by atoms with Gasteiger partial charge in [-0.05, 0) is 54.4 Å². The normalized spacial score (nSPS) is 24.0. The van der Waals surface area contributed by atoms with Gasteiger partial charge in [0.05, 0.1) is 4.92 Å². The molecule has 2 unspecified atom stereocenters. The van der Waals surface area contributed by atoms with Crippen LogP contribution in [0.1, 0.15) is 47.0 Å². The van der Waals surface area contributed by atoms with E-state index in [1.165, 1.54) is 13.3 Å². The molecular weight excluding hydrogens is 396 g/mol. The van der Waals surface area contributed by atoms with Crippen LogP contribution in [-0.2, 0) is 4.79 Å². The third kappa shape index (κ3) is 4.30. The fourth-order valence-electron chi connectivity index (χ4n) is 5.52. The summed E-state index contributed by atoms with van der Waals surface area (Å²) in [5, 5.41) is 17.8. The van der Waals surface area contributed by atoms with Crippen molar-refractivity contribution >= 4 is 34.6 Å². The molecule has 9 nitrogen and oxygen atoms in total. The molecule has 2 bridgehead atoms. The number of nitro groups is 1. The number of aromatic nitrogens is 2. The second-order valence-corrected chi connectivity index (χ2v) is 9.88. The molecule has 2 aromatic rings. The van der Waals surface area contributed by atoms with Crippen molar-refractivity contribution in [3.8, 4) is 0 Å². The largest absolute Gasteiger partial charge is 0.353 e. The Morgan fingerprint density at radius 2 is 1.84 bits per heavy atom. The first-order chi connectivity index (χ1) is 14.6. The van der Waals surface area contributed by atoms with Crippen molar-refractivity contribution in [2.75, 3.05) is 22.1 Å². The van der Waals surface area contributed by atoms with Crippen molar-refractivity contribution in [3.63, 3.8) is 0 Å². The number of nitrogens with zero attached hydrogens (tertiary/aromatic N) is 4. The van der Waals surface area contributed by atoms with Crippen molar-refractivity contribution in [2.45, 2.75) is 53.0 Å². The van der Waals surface area contributed by atoms with Crippen LogP contribution >= 0.6 is 0 Å². The molecule has 31 heavy (non-hydrogen) atoms. The van der Waals surface area contributed by atoms with Crippen molar-refractivity contribution in [2.24, 2.45) is 10.8 Å². The van der Waals surface area contributed by atoms with E-state index in [4.69, 9.17) is 0 Å². The Bertz CT molecular complexity index is 1020. The summed E-state index contributed by atoms with van der Waals surface area (Å²) in [7, 11) is 0. The Morgan fingerprint density at radius 3 is 2.48 bits per heavy atom. The molecule has 2 aliphatic rings. The monoisotopic (exact) mass is 424 g/mol. The van der Waals surface area contributed by atoms with Crippen LogP contribution in [0.5, 0.6) is 0 Å². The summed E-state index contributed by atoms with van der Waals surface area (Å²) in [5.74, 6) is 0.376. The molecular formula is C22H28N6O3. The molecule has 1 aromatic carbocycles. The lowest BCUT2D eigenvalue weighted by Gasteiger charge is -2.39. The molecule has 2 atom stereocenters. The summed E-state index contributed by atoms with van der Waals surface area (Å²) in [6.45, 7) is 9.00. The highest BCUT2D eigenvalue weighted by molar-refractivity contribution is 5.89. The minimum atomic E-state index is -0.404. The lowest BCUT2D eigenvalue weighted by Crippen LogP contribution is -2.35. The second-order valence-electron chi connectivity index (χ2n) is 9.88. The standard InChI is InChI=1S/C22H28N6O3/c1-14(29)25-15-5-7-16(8-6-15)26-19-18(28(30)31)20(24-13-23-19)27-12-22(4)10-17(27)9-21(2,3)11-22/h5-8,13,17H,9-12H2,1-4H3,(H,25,29)(H,23,24,26). The first-order valence-corrected chi connectivity index (χ1v) is 10.5. The summed E-state index contributed by atoms with van der Waals surface area (Å²) in [6.07, 6.45) is 4.48. The maximum atomic E-state index is 12.1. The van der Waals surface area contributed by atoms with E-state index in [9.17, 15) is 14.9 Å². The quantitative estimate of drug-likeness (QED) is 0.537. The fraction of sp³-hybridized carbons (Fsp3) is 0.500. The maximum Gasteiger partial charge on any atom is 0.353 e. The summed E-state index contributed by atoms with van der Waals surface area (Å²) < 4.78 is 0. The van der Waals surface area contributed by atoms with Gasteiger partial charge in [-0.15, -0.1) is 0 Å². The van der Waals surface area contributed by atoms with Crippen molar-refractivity contribution in [1.29, 1.82) is 0 Å². The first kappa shape index (κ1) is 21.0. The number of hydrogen-bond donors (Lipinski definition) is 2. The molecule has 2 N–H and O–H groups in total. The van der Waals surface area contributed by atoms with Gasteiger partial charge in [0.1, 0.15) is 6.33 Å². The zero-order chi connectivity index (χ0) is 22.4. The van der Waals surface area contributed by atoms with Gasteiger partial charge < -0.3 is 15.5 Å². The topological polar surface area (TPSA) is 113 Å². The third-order valence-corrected chi connectivity index (χ3v) is 6.14. The first-order valence-electron chi connectivity index (χ1n) is 10.5. The Morgan fingerprint density at radius 1 is 1.16 bits per heavy atom. The van der Waals surface area contributed by atoms with Crippen molar-refractivity contribution in [1.82, 2.24) is 9.97 Å². The summed E-state index contributed by atoms with van der Waals surface area (Å²) >= 11 is 0. The van der Waals surface area contributed by atoms with E-state index in [2.05, 4.69) is 46.3 Å². The molecule has 164 valence electrons. The van der Waals surface area contributed by atoms with Crippen LogP contribution in [0.25, 0.3) is 0 Å². The molecule has 1 saturated heterocycles. The van der Waals surface area contributed by atoms with Gasteiger partial charge in [-0.25, -0.2) is 9.97 Å². The van der Waals surface area contributed by atoms with E-state index in [1.54, 1.807) is 24.3 Å². The number of rotatable bonds is 5. The smallest absolute Gasteiger partial charge is 0.347 e. The lowest BCUT2D eigenvalue weighted by molar-refractivity contribution is -0.383. The van der Waals surface area contributed by atoms with Crippen molar-refractivity contribution in [3.05, 3.63) is 40.7 Å². The van der Waals surface area contributed by atoms with E-state index in [0.29, 0.717) is 17.2 Å². The van der Waals surface area contributed by atoms with Crippen LogP contribution in [0.4, 0.5) is 28.7 Å². The molecule has 2 heterocycles. The van der Waals surface area contributed by atoms with Crippen LogP contribution in [0, 0.1) is 20.9 Å². The second kappa shape index (κ2) is 7.47. The predicted octanol–water partition coefficient (Wildman–Crippen LogP) is 4.49. The highest BCUT2D eigenvalue weighted by Gasteiger charge is 2.51. The van der Waals surface area contributed by atoms with Crippen LogP contribution in [0.2, 0.25) is 0 Å². The molecule has 1 aliphatic carbocycles. The minimum absolute atomic E-state index is 0.109. The Hall–Kier alpha value is -3.23. The number of carbonyl (C=O) groups is 1. The van der Waals surface area contributed by atoms with E-state index < -0.39 is 4.92 Å². The molecule has 1 aromatic heterocycles. The molecule has 0 spiro atoms. The number of carbonyl (C=O) groups excluding carboxylic acids is 1. The van der Waals surface area contributed by atoms with Gasteiger partial charge in [0.25, 0.3) is 0 Å². The van der Waals surface area contributed by atoms with Crippen LogP contribution < -0.4 is 15.5 Å². The van der Waals surface area contributed by atoms with Gasteiger partial charge in [-0.1, -0.05) is 20.8 Å². The highest BCUT2D eigenvalue weighted by atomic mass is 16.6. The third-order valence-electron chi connectivity index (χ3n) is 6.14. The number of amides is 1. The molecule has 2 fully saturated rings. The molecule has 1 aliphatic heterocycles. The van der Waals surface area contributed by atoms with Crippen LogP contribution in [0.3, 0.4) is 0 Å². The van der Waals surface area contributed by atoms with Crippen LogP contribution in [0.15, 0.2) is 30.6 Å². The average molecular weight is 425 g/mol. The zero-order valence-electron chi connectivity index (χ0n) is 18.3. The number of nitrogens with one attached hydrogen (secondary N) is 2. The Labute approximate surface area is 181 Å².